The van der Waals surface area contributed by atoms with Crippen LogP contribution in [0.3, 0.4) is 0 Å². The number of amides is 1. The van der Waals surface area contributed by atoms with Crippen LogP contribution in [0.15, 0.2) is 48.7 Å². The Morgan fingerprint density at radius 3 is 2.96 bits per heavy atom. The summed E-state index contributed by atoms with van der Waals surface area (Å²) in [4.78, 5) is 15.8. The number of hydrogen-bond acceptors (Lipinski definition) is 4. The molecule has 1 aliphatic heterocycles. The minimum Gasteiger partial charge on any atom is -0.454 e. The van der Waals surface area contributed by atoms with E-state index in [9.17, 15) is 4.79 Å². The number of carbonyl (C=O) groups is 1. The summed E-state index contributed by atoms with van der Waals surface area (Å²) >= 11 is 0. The molecule has 0 saturated heterocycles. The molecule has 1 aromatic heterocycles. The van der Waals surface area contributed by atoms with Crippen molar-refractivity contribution in [2.24, 2.45) is 0 Å². The summed E-state index contributed by atoms with van der Waals surface area (Å²) in [5.41, 5.74) is 3.16. The van der Waals surface area contributed by atoms with Crippen molar-refractivity contribution >= 4 is 16.8 Å². The Labute approximate surface area is 157 Å². The van der Waals surface area contributed by atoms with Crippen LogP contribution in [0.5, 0.6) is 11.5 Å². The van der Waals surface area contributed by atoms with Crippen molar-refractivity contribution < 1.29 is 19.0 Å². The monoisotopic (exact) mass is 366 g/mol. The summed E-state index contributed by atoms with van der Waals surface area (Å²) in [5, 5.41) is 4.03. The molecule has 0 spiro atoms. The van der Waals surface area contributed by atoms with Gasteiger partial charge in [0.2, 0.25) is 12.7 Å². The number of aromatic nitrogens is 1. The van der Waals surface area contributed by atoms with Crippen LogP contribution < -0.4 is 14.8 Å². The van der Waals surface area contributed by atoms with E-state index in [-0.39, 0.29) is 18.6 Å². The largest absolute Gasteiger partial charge is 0.454 e. The Hall–Kier alpha value is -2.99. The van der Waals surface area contributed by atoms with Crippen molar-refractivity contribution in [3.05, 3.63) is 59.8 Å². The van der Waals surface area contributed by atoms with Crippen molar-refractivity contribution in [2.45, 2.75) is 12.3 Å². The molecular weight excluding hydrogens is 344 g/mol. The predicted octanol–water partition coefficient (Wildman–Crippen LogP) is 3.18. The zero-order valence-corrected chi connectivity index (χ0v) is 15.2. The second-order valence-corrected chi connectivity index (χ2v) is 6.50. The maximum atomic E-state index is 12.5. The van der Waals surface area contributed by atoms with Crippen LogP contribution >= 0.6 is 0 Å². The first-order valence-corrected chi connectivity index (χ1v) is 8.97. The second-order valence-electron chi connectivity index (χ2n) is 6.50. The number of hydrogen-bond donors (Lipinski definition) is 2. The van der Waals surface area contributed by atoms with Crippen LogP contribution in [0.2, 0.25) is 0 Å². The highest BCUT2D eigenvalue weighted by molar-refractivity contribution is 5.86. The summed E-state index contributed by atoms with van der Waals surface area (Å²) in [5.74, 6) is 1.34. The lowest BCUT2D eigenvalue weighted by Crippen LogP contribution is -2.28. The Morgan fingerprint density at radius 1 is 1.22 bits per heavy atom. The average Bonchev–Trinajstić information content (AvgIpc) is 3.32. The van der Waals surface area contributed by atoms with Crippen LogP contribution in [0.4, 0.5) is 0 Å². The van der Waals surface area contributed by atoms with E-state index < -0.39 is 0 Å². The standard InChI is InChI=1S/C21H22N2O4/c1-25-9-8-22-21(24)11-16(14-6-7-19-20(10-14)27-13-26-19)17-12-23-18-5-3-2-4-15(17)18/h2-7,10,12,16,23H,8-9,11,13H2,1H3,(H,22,24)/t16-/m0/s1. The van der Waals surface area contributed by atoms with E-state index in [0.29, 0.717) is 19.6 Å². The van der Waals surface area contributed by atoms with Gasteiger partial charge in [0.15, 0.2) is 11.5 Å². The number of para-hydroxylation sites is 1. The van der Waals surface area contributed by atoms with Crippen LogP contribution in [0.1, 0.15) is 23.5 Å². The Balaban J connectivity index is 1.68. The summed E-state index contributed by atoms with van der Waals surface area (Å²) < 4.78 is 16.0. The minimum absolute atomic E-state index is 0.0139. The summed E-state index contributed by atoms with van der Waals surface area (Å²) in [6.45, 7) is 1.22. The average molecular weight is 366 g/mol. The molecule has 6 nitrogen and oxygen atoms in total. The van der Waals surface area contributed by atoms with E-state index in [1.54, 1.807) is 7.11 Å². The topological polar surface area (TPSA) is 72.6 Å². The van der Waals surface area contributed by atoms with Crippen molar-refractivity contribution in [2.75, 3.05) is 27.1 Å². The summed E-state index contributed by atoms with van der Waals surface area (Å²) in [6, 6.07) is 14.0. The molecule has 140 valence electrons. The highest BCUT2D eigenvalue weighted by Gasteiger charge is 2.24. The second kappa shape index (κ2) is 7.72. The molecule has 0 fully saturated rings. The van der Waals surface area contributed by atoms with Gasteiger partial charge in [0.05, 0.1) is 6.61 Å². The molecule has 2 aromatic carbocycles. The SMILES string of the molecule is COCCNC(=O)C[C@@H](c1ccc2c(c1)OCO2)c1c[nH]c2ccccc12. The zero-order chi connectivity index (χ0) is 18.6. The van der Waals surface area contributed by atoms with Crippen LogP contribution in [0.25, 0.3) is 10.9 Å². The van der Waals surface area contributed by atoms with Crippen molar-refractivity contribution in [1.82, 2.24) is 10.3 Å². The molecule has 0 unspecified atom stereocenters. The predicted molar refractivity (Wildman–Crippen MR) is 102 cm³/mol. The fourth-order valence-corrected chi connectivity index (χ4v) is 3.47. The number of aromatic amines is 1. The number of fused-ring (bicyclic) bond motifs is 2. The molecule has 0 bridgehead atoms. The highest BCUT2D eigenvalue weighted by atomic mass is 16.7. The number of benzene rings is 2. The molecule has 0 radical (unpaired) electrons. The van der Waals surface area contributed by atoms with E-state index in [1.807, 2.05) is 42.6 Å². The van der Waals surface area contributed by atoms with Gasteiger partial charge in [-0.05, 0) is 29.3 Å². The van der Waals surface area contributed by atoms with Gasteiger partial charge in [0.1, 0.15) is 0 Å². The van der Waals surface area contributed by atoms with Gasteiger partial charge in [-0.15, -0.1) is 0 Å². The van der Waals surface area contributed by atoms with Gasteiger partial charge >= 0.3 is 0 Å². The van der Waals surface area contributed by atoms with E-state index in [1.165, 1.54) is 0 Å². The number of nitrogens with one attached hydrogen (secondary N) is 2. The summed E-state index contributed by atoms with van der Waals surface area (Å²) in [6.07, 6.45) is 2.33. The molecule has 1 aliphatic rings. The Morgan fingerprint density at radius 2 is 2.07 bits per heavy atom. The number of rotatable bonds is 7. The van der Waals surface area contributed by atoms with E-state index >= 15 is 0 Å². The molecular formula is C21H22N2O4. The zero-order valence-electron chi connectivity index (χ0n) is 15.2. The fourth-order valence-electron chi connectivity index (χ4n) is 3.47. The number of carbonyl (C=O) groups excluding carboxylic acids is 1. The van der Waals surface area contributed by atoms with Gasteiger partial charge in [0, 0.05) is 43.1 Å². The maximum Gasteiger partial charge on any atom is 0.231 e. The number of ether oxygens (including phenoxy) is 3. The lowest BCUT2D eigenvalue weighted by atomic mass is 9.87. The van der Waals surface area contributed by atoms with Gasteiger partial charge in [-0.3, -0.25) is 4.79 Å². The molecule has 2 heterocycles. The molecule has 3 aromatic rings. The molecule has 6 heteroatoms. The quantitative estimate of drug-likeness (QED) is 0.630. The van der Waals surface area contributed by atoms with Crippen LogP contribution in [0, 0.1) is 0 Å². The third kappa shape index (κ3) is 3.61. The van der Waals surface area contributed by atoms with Gasteiger partial charge in [-0.1, -0.05) is 24.3 Å². The lowest BCUT2D eigenvalue weighted by molar-refractivity contribution is -0.121. The van der Waals surface area contributed by atoms with E-state index in [2.05, 4.69) is 16.4 Å². The smallest absolute Gasteiger partial charge is 0.231 e. The van der Waals surface area contributed by atoms with Gasteiger partial charge < -0.3 is 24.5 Å². The molecule has 0 saturated carbocycles. The van der Waals surface area contributed by atoms with E-state index in [0.717, 1.165) is 33.5 Å². The highest BCUT2D eigenvalue weighted by Crippen LogP contribution is 2.39. The molecule has 0 aliphatic carbocycles. The van der Waals surface area contributed by atoms with E-state index in [4.69, 9.17) is 14.2 Å². The third-order valence-corrected chi connectivity index (χ3v) is 4.81. The lowest BCUT2D eigenvalue weighted by Gasteiger charge is -2.18. The van der Waals surface area contributed by atoms with Gasteiger partial charge in [0.25, 0.3) is 0 Å². The van der Waals surface area contributed by atoms with Crippen LogP contribution in [-0.2, 0) is 9.53 Å². The van der Waals surface area contributed by atoms with Gasteiger partial charge in [-0.2, -0.15) is 0 Å². The Bertz CT molecular complexity index is 950. The first-order valence-electron chi connectivity index (χ1n) is 8.97. The van der Waals surface area contributed by atoms with Crippen molar-refractivity contribution in [3.8, 4) is 11.5 Å². The van der Waals surface area contributed by atoms with Crippen LogP contribution in [-0.4, -0.2) is 37.9 Å². The minimum atomic E-state index is -0.0989. The third-order valence-electron chi connectivity index (χ3n) is 4.81. The van der Waals surface area contributed by atoms with Crippen molar-refractivity contribution in [1.29, 1.82) is 0 Å². The fraction of sp³-hybridized carbons (Fsp3) is 0.286. The summed E-state index contributed by atoms with van der Waals surface area (Å²) in [7, 11) is 1.62. The first-order chi connectivity index (χ1) is 13.3. The number of methoxy groups -OCH3 is 1. The Kier molecular flexibility index (Phi) is 4.98. The molecule has 1 atom stereocenters. The number of H-pyrrole nitrogens is 1. The first kappa shape index (κ1) is 17.4. The molecule has 2 N–H and O–H groups in total. The molecule has 1 amide bonds. The maximum absolute atomic E-state index is 12.5. The van der Waals surface area contributed by atoms with Crippen molar-refractivity contribution in [3.63, 3.8) is 0 Å². The molecule has 4 rings (SSSR count). The molecule has 27 heavy (non-hydrogen) atoms. The normalized spacial score (nSPS) is 13.7. The van der Waals surface area contributed by atoms with Gasteiger partial charge in [-0.25, -0.2) is 0 Å².